The highest BCUT2D eigenvalue weighted by Gasteiger charge is 2.19. The molecule has 1 fully saturated rings. The minimum Gasteiger partial charge on any atom is -0.462 e. The Kier molecular flexibility index (Phi) is 6.68. The number of rotatable bonds is 7. The summed E-state index contributed by atoms with van der Waals surface area (Å²) in [5.41, 5.74) is 2.18. The van der Waals surface area contributed by atoms with E-state index in [0.717, 1.165) is 18.7 Å². The summed E-state index contributed by atoms with van der Waals surface area (Å²) in [6.45, 7) is 5.53. The standard InChI is InChI=1S/C23H25N5O3/c1-2-31-22(29)20(21-24-8-9-28(21)17-18-6-4-3-5-7-18)14-19-15-25-23(26-16-19)27-10-12-30-13-11-27/h3-9,14-16H,2,10-13,17H2,1H3/b20-14+. The van der Waals surface area contributed by atoms with E-state index in [2.05, 4.69) is 19.9 Å². The van der Waals surface area contributed by atoms with Gasteiger partial charge in [0.1, 0.15) is 11.4 Å². The van der Waals surface area contributed by atoms with Crippen molar-refractivity contribution >= 4 is 23.6 Å². The molecule has 0 aliphatic carbocycles. The van der Waals surface area contributed by atoms with Crippen molar-refractivity contribution in [2.24, 2.45) is 0 Å². The molecule has 0 spiro atoms. The zero-order valence-electron chi connectivity index (χ0n) is 17.5. The number of aromatic nitrogens is 4. The molecule has 1 saturated heterocycles. The number of hydrogen-bond donors (Lipinski definition) is 0. The summed E-state index contributed by atoms with van der Waals surface area (Å²) < 4.78 is 12.6. The lowest BCUT2D eigenvalue weighted by Crippen LogP contribution is -2.37. The number of benzene rings is 1. The molecule has 31 heavy (non-hydrogen) atoms. The smallest absolute Gasteiger partial charge is 0.341 e. The fourth-order valence-electron chi connectivity index (χ4n) is 3.38. The minimum atomic E-state index is -0.430. The average molecular weight is 419 g/mol. The van der Waals surface area contributed by atoms with E-state index in [-0.39, 0.29) is 6.61 Å². The van der Waals surface area contributed by atoms with E-state index in [4.69, 9.17) is 9.47 Å². The molecule has 0 bridgehead atoms. The second-order valence-electron chi connectivity index (χ2n) is 7.06. The van der Waals surface area contributed by atoms with Gasteiger partial charge in [0.2, 0.25) is 5.95 Å². The summed E-state index contributed by atoms with van der Waals surface area (Å²) in [5.74, 6) is 0.767. The van der Waals surface area contributed by atoms with Crippen molar-refractivity contribution < 1.29 is 14.3 Å². The van der Waals surface area contributed by atoms with Gasteiger partial charge < -0.3 is 18.9 Å². The van der Waals surface area contributed by atoms with Gasteiger partial charge in [-0.25, -0.2) is 19.7 Å². The number of imidazole rings is 1. The van der Waals surface area contributed by atoms with Gasteiger partial charge in [0.15, 0.2) is 0 Å². The molecule has 2 aromatic heterocycles. The molecule has 0 radical (unpaired) electrons. The van der Waals surface area contributed by atoms with Gasteiger partial charge in [-0.15, -0.1) is 0 Å². The molecule has 3 aromatic rings. The topological polar surface area (TPSA) is 82.4 Å². The van der Waals surface area contributed by atoms with Crippen LogP contribution in [0.4, 0.5) is 5.95 Å². The molecule has 8 heteroatoms. The Morgan fingerprint density at radius 3 is 2.58 bits per heavy atom. The van der Waals surface area contributed by atoms with Crippen LogP contribution >= 0.6 is 0 Å². The molecule has 0 amide bonds. The Morgan fingerprint density at radius 1 is 1.13 bits per heavy atom. The quantitative estimate of drug-likeness (QED) is 0.430. The molecule has 3 heterocycles. The number of morpholine rings is 1. The first-order valence-corrected chi connectivity index (χ1v) is 10.3. The summed E-state index contributed by atoms with van der Waals surface area (Å²) in [6, 6.07) is 10.0. The largest absolute Gasteiger partial charge is 0.462 e. The van der Waals surface area contributed by atoms with Gasteiger partial charge in [0.05, 0.1) is 19.8 Å². The van der Waals surface area contributed by atoms with Crippen LogP contribution in [0.2, 0.25) is 0 Å². The van der Waals surface area contributed by atoms with E-state index in [1.165, 1.54) is 0 Å². The number of carbonyl (C=O) groups is 1. The van der Waals surface area contributed by atoms with Crippen molar-refractivity contribution in [2.75, 3.05) is 37.8 Å². The molecule has 160 valence electrons. The zero-order chi connectivity index (χ0) is 21.5. The third kappa shape index (κ3) is 5.16. The molecule has 4 rings (SSSR count). The van der Waals surface area contributed by atoms with Crippen molar-refractivity contribution in [2.45, 2.75) is 13.5 Å². The first kappa shape index (κ1) is 20.7. The lowest BCUT2D eigenvalue weighted by atomic mass is 10.1. The maximum Gasteiger partial charge on any atom is 0.341 e. The van der Waals surface area contributed by atoms with Crippen molar-refractivity contribution in [3.05, 3.63) is 72.1 Å². The number of nitrogens with zero attached hydrogens (tertiary/aromatic N) is 5. The second-order valence-corrected chi connectivity index (χ2v) is 7.06. The molecule has 0 unspecified atom stereocenters. The van der Waals surface area contributed by atoms with Gasteiger partial charge in [-0.2, -0.15) is 0 Å². The fourth-order valence-corrected chi connectivity index (χ4v) is 3.38. The Bertz CT molecular complexity index is 1020. The Hall–Kier alpha value is -3.52. The van der Waals surface area contributed by atoms with Gasteiger partial charge in [-0.3, -0.25) is 0 Å². The first-order valence-electron chi connectivity index (χ1n) is 10.3. The molecule has 0 N–H and O–H groups in total. The number of esters is 1. The van der Waals surface area contributed by atoms with Crippen LogP contribution in [0.1, 0.15) is 23.9 Å². The monoisotopic (exact) mass is 419 g/mol. The number of carbonyl (C=O) groups excluding carboxylic acids is 1. The first-order chi connectivity index (χ1) is 15.2. The third-order valence-electron chi connectivity index (χ3n) is 4.91. The van der Waals surface area contributed by atoms with Gasteiger partial charge in [-0.05, 0) is 18.6 Å². The lowest BCUT2D eigenvalue weighted by Gasteiger charge is -2.26. The van der Waals surface area contributed by atoms with Crippen molar-refractivity contribution in [1.82, 2.24) is 19.5 Å². The fraction of sp³-hybridized carbons (Fsp3) is 0.304. The second kappa shape index (κ2) is 9.99. The van der Waals surface area contributed by atoms with Crippen molar-refractivity contribution in [3.8, 4) is 0 Å². The summed E-state index contributed by atoms with van der Waals surface area (Å²) >= 11 is 0. The van der Waals surface area contributed by atoms with Gasteiger partial charge >= 0.3 is 5.97 Å². The van der Waals surface area contributed by atoms with E-state index >= 15 is 0 Å². The minimum absolute atomic E-state index is 0.280. The average Bonchev–Trinajstić information content (AvgIpc) is 3.27. The summed E-state index contributed by atoms with van der Waals surface area (Å²) in [5, 5.41) is 0. The molecule has 1 aliphatic heterocycles. The van der Waals surface area contributed by atoms with E-state index < -0.39 is 5.97 Å². The van der Waals surface area contributed by atoms with Crippen LogP contribution in [0.3, 0.4) is 0 Å². The Morgan fingerprint density at radius 2 is 1.87 bits per heavy atom. The summed E-state index contributed by atoms with van der Waals surface area (Å²) in [6.07, 6.45) is 8.69. The van der Waals surface area contributed by atoms with Crippen LogP contribution in [0.25, 0.3) is 11.6 Å². The lowest BCUT2D eigenvalue weighted by molar-refractivity contribution is -0.136. The highest BCUT2D eigenvalue weighted by molar-refractivity contribution is 6.20. The van der Waals surface area contributed by atoms with Crippen molar-refractivity contribution in [1.29, 1.82) is 0 Å². The van der Waals surface area contributed by atoms with E-state index in [9.17, 15) is 4.79 Å². The van der Waals surface area contributed by atoms with E-state index in [1.807, 2.05) is 41.1 Å². The molecule has 8 nitrogen and oxygen atoms in total. The summed E-state index contributed by atoms with van der Waals surface area (Å²) in [7, 11) is 0. The number of ether oxygens (including phenoxy) is 2. The predicted molar refractivity (Wildman–Crippen MR) is 117 cm³/mol. The van der Waals surface area contributed by atoms with Crippen LogP contribution < -0.4 is 4.90 Å². The van der Waals surface area contributed by atoms with Crippen LogP contribution in [-0.2, 0) is 20.8 Å². The normalized spacial score (nSPS) is 14.5. The maximum absolute atomic E-state index is 12.8. The number of anilines is 1. The third-order valence-corrected chi connectivity index (χ3v) is 4.91. The van der Waals surface area contributed by atoms with Crippen LogP contribution in [0, 0.1) is 0 Å². The highest BCUT2D eigenvalue weighted by Crippen LogP contribution is 2.20. The van der Waals surface area contributed by atoms with Crippen molar-refractivity contribution in [3.63, 3.8) is 0 Å². The SMILES string of the molecule is CCOC(=O)/C(=C/c1cnc(N2CCOCC2)nc1)c1nccn1Cc1ccccc1. The van der Waals surface area contributed by atoms with Gasteiger partial charge in [-0.1, -0.05) is 30.3 Å². The molecule has 0 atom stereocenters. The van der Waals surface area contributed by atoms with Gasteiger partial charge in [0.25, 0.3) is 0 Å². The maximum atomic E-state index is 12.8. The molecular weight excluding hydrogens is 394 g/mol. The highest BCUT2D eigenvalue weighted by atomic mass is 16.5. The predicted octanol–water partition coefficient (Wildman–Crippen LogP) is 2.66. The van der Waals surface area contributed by atoms with Gasteiger partial charge in [0, 0.05) is 50.0 Å². The van der Waals surface area contributed by atoms with Crippen LogP contribution in [-0.4, -0.2) is 58.4 Å². The van der Waals surface area contributed by atoms with Crippen LogP contribution in [0.5, 0.6) is 0 Å². The Balaban J connectivity index is 1.62. The zero-order valence-corrected chi connectivity index (χ0v) is 17.5. The number of hydrogen-bond acceptors (Lipinski definition) is 7. The Labute approximate surface area is 181 Å². The van der Waals surface area contributed by atoms with E-state index in [1.54, 1.807) is 31.6 Å². The molecular formula is C23H25N5O3. The summed E-state index contributed by atoms with van der Waals surface area (Å²) in [4.78, 5) is 28.2. The van der Waals surface area contributed by atoms with E-state index in [0.29, 0.717) is 42.7 Å². The van der Waals surface area contributed by atoms with Crippen LogP contribution in [0.15, 0.2) is 55.1 Å². The molecule has 1 aliphatic rings. The molecule has 1 aromatic carbocycles. The molecule has 0 saturated carbocycles.